The van der Waals surface area contributed by atoms with Crippen LogP contribution in [0.3, 0.4) is 0 Å². The number of nitrogen functional groups attached to an aromatic ring is 1. The maximum absolute atomic E-state index is 6.01. The van der Waals surface area contributed by atoms with Crippen LogP contribution in [0, 0.1) is 0 Å². The fourth-order valence-corrected chi connectivity index (χ4v) is 2.01. The molecule has 2 rings (SSSR count). The zero-order chi connectivity index (χ0) is 14.4. The smallest absolute Gasteiger partial charge is 0.0326 e. The van der Waals surface area contributed by atoms with Gasteiger partial charge in [-0.25, -0.2) is 0 Å². The molecule has 2 N–H and O–H groups in total. The highest BCUT2D eigenvalue weighted by molar-refractivity contribution is 5.79. The monoisotopic (exact) mass is 261 g/mol. The third-order valence-corrected chi connectivity index (χ3v) is 3.03. The Bertz CT molecular complexity index is 649. The molecular formula is C19H19N. The summed E-state index contributed by atoms with van der Waals surface area (Å²) >= 11 is 0. The first-order valence-electron chi connectivity index (χ1n) is 6.65. The van der Waals surface area contributed by atoms with E-state index in [-0.39, 0.29) is 0 Å². The van der Waals surface area contributed by atoms with E-state index in [9.17, 15) is 0 Å². The Kier molecular flexibility index (Phi) is 4.56. The lowest BCUT2D eigenvalue weighted by Gasteiger charge is -2.08. The van der Waals surface area contributed by atoms with Gasteiger partial charge in [-0.3, -0.25) is 0 Å². The Labute approximate surface area is 120 Å². The van der Waals surface area contributed by atoms with Crippen LogP contribution in [0.2, 0.25) is 0 Å². The highest BCUT2D eigenvalue weighted by Gasteiger charge is 2.02. The number of benzene rings is 2. The quantitative estimate of drug-likeness (QED) is 0.602. The largest absolute Gasteiger partial charge is 0.399 e. The second-order valence-corrected chi connectivity index (χ2v) is 4.62. The maximum Gasteiger partial charge on any atom is 0.0326 e. The Morgan fingerprint density at radius 1 is 1.00 bits per heavy atom. The van der Waals surface area contributed by atoms with E-state index < -0.39 is 0 Å². The normalized spacial score (nSPS) is 11.2. The van der Waals surface area contributed by atoms with Crippen LogP contribution in [0.15, 0.2) is 79.4 Å². The van der Waals surface area contributed by atoms with Crippen LogP contribution in [0.1, 0.15) is 12.5 Å². The summed E-state index contributed by atoms with van der Waals surface area (Å²) in [4.78, 5) is 0. The van der Waals surface area contributed by atoms with Gasteiger partial charge in [0.15, 0.2) is 0 Å². The molecule has 1 nitrogen and oxygen atoms in total. The van der Waals surface area contributed by atoms with E-state index >= 15 is 0 Å². The topological polar surface area (TPSA) is 26.0 Å². The lowest BCUT2D eigenvalue weighted by atomic mass is 9.98. The Balaban J connectivity index is 2.37. The van der Waals surface area contributed by atoms with Gasteiger partial charge in [-0.2, -0.15) is 0 Å². The van der Waals surface area contributed by atoms with Gasteiger partial charge in [0.2, 0.25) is 0 Å². The average molecular weight is 261 g/mol. The van der Waals surface area contributed by atoms with Crippen LogP contribution in [-0.4, -0.2) is 0 Å². The molecule has 0 aliphatic carbocycles. The molecule has 0 unspecified atom stereocenters. The molecule has 0 saturated carbocycles. The van der Waals surface area contributed by atoms with Crippen molar-refractivity contribution in [3.63, 3.8) is 0 Å². The van der Waals surface area contributed by atoms with E-state index in [4.69, 9.17) is 5.73 Å². The Morgan fingerprint density at radius 3 is 2.45 bits per heavy atom. The van der Waals surface area contributed by atoms with Crippen molar-refractivity contribution in [2.75, 3.05) is 5.73 Å². The van der Waals surface area contributed by atoms with Crippen molar-refractivity contribution in [1.82, 2.24) is 0 Å². The molecule has 0 spiro atoms. The Morgan fingerprint density at radius 2 is 1.75 bits per heavy atom. The molecule has 0 heterocycles. The number of anilines is 1. The number of hydrogen-bond donors (Lipinski definition) is 1. The van der Waals surface area contributed by atoms with Crippen molar-refractivity contribution >= 4 is 11.3 Å². The van der Waals surface area contributed by atoms with Gasteiger partial charge in [0.1, 0.15) is 0 Å². The fourth-order valence-electron chi connectivity index (χ4n) is 2.01. The summed E-state index contributed by atoms with van der Waals surface area (Å²) in [5, 5.41) is 0. The van der Waals surface area contributed by atoms with E-state index in [1.54, 1.807) is 0 Å². The van der Waals surface area contributed by atoms with Gasteiger partial charge in [-0.1, -0.05) is 61.2 Å². The minimum atomic E-state index is 0.752. The summed E-state index contributed by atoms with van der Waals surface area (Å²) in [5.74, 6) is 0. The number of nitrogens with two attached hydrogens (primary N) is 1. The molecule has 0 aliphatic rings. The van der Waals surface area contributed by atoms with Crippen LogP contribution < -0.4 is 5.73 Å². The predicted octanol–water partition coefficient (Wildman–Crippen LogP) is 5.08. The molecule has 2 aromatic carbocycles. The lowest BCUT2D eigenvalue weighted by molar-refractivity contribution is 1.57. The zero-order valence-corrected chi connectivity index (χ0v) is 11.7. The van der Waals surface area contributed by atoms with E-state index in [2.05, 4.69) is 24.8 Å². The number of rotatable bonds is 4. The number of allylic oxidation sites excluding steroid dienone is 5. The first-order chi connectivity index (χ1) is 9.70. The SMILES string of the molecule is C=C(/C=C\C=C/C)c1cc(N)cc(-c2ccccc2)c1. The van der Waals surface area contributed by atoms with E-state index in [1.807, 2.05) is 61.6 Å². The highest BCUT2D eigenvalue weighted by atomic mass is 14.5. The minimum absolute atomic E-state index is 0.752. The molecule has 20 heavy (non-hydrogen) atoms. The van der Waals surface area contributed by atoms with Gasteiger partial charge in [-0.15, -0.1) is 0 Å². The number of hydrogen-bond acceptors (Lipinski definition) is 1. The molecule has 0 amide bonds. The molecule has 0 aliphatic heterocycles. The molecular weight excluding hydrogens is 242 g/mol. The third kappa shape index (κ3) is 3.48. The molecule has 0 atom stereocenters. The molecule has 0 fully saturated rings. The average Bonchev–Trinajstić information content (AvgIpc) is 2.47. The summed E-state index contributed by atoms with van der Waals surface area (Å²) < 4.78 is 0. The molecule has 100 valence electrons. The van der Waals surface area contributed by atoms with Crippen molar-refractivity contribution in [3.8, 4) is 11.1 Å². The summed E-state index contributed by atoms with van der Waals surface area (Å²) in [6.07, 6.45) is 7.94. The van der Waals surface area contributed by atoms with Gasteiger partial charge in [0.25, 0.3) is 0 Å². The molecule has 0 saturated heterocycles. The predicted molar refractivity (Wildman–Crippen MR) is 89.3 cm³/mol. The molecule has 2 aromatic rings. The second-order valence-electron chi connectivity index (χ2n) is 4.62. The highest BCUT2D eigenvalue weighted by Crippen LogP contribution is 2.26. The first kappa shape index (κ1) is 13.9. The van der Waals surface area contributed by atoms with Crippen molar-refractivity contribution in [1.29, 1.82) is 0 Å². The van der Waals surface area contributed by atoms with Crippen LogP contribution in [0.4, 0.5) is 5.69 Å². The maximum atomic E-state index is 6.01. The van der Waals surface area contributed by atoms with Crippen molar-refractivity contribution in [2.45, 2.75) is 6.92 Å². The minimum Gasteiger partial charge on any atom is -0.399 e. The van der Waals surface area contributed by atoms with Crippen LogP contribution >= 0.6 is 0 Å². The van der Waals surface area contributed by atoms with Gasteiger partial charge >= 0.3 is 0 Å². The van der Waals surface area contributed by atoms with Crippen molar-refractivity contribution in [3.05, 3.63) is 85.0 Å². The van der Waals surface area contributed by atoms with E-state index in [0.29, 0.717) is 0 Å². The van der Waals surface area contributed by atoms with Gasteiger partial charge < -0.3 is 5.73 Å². The summed E-state index contributed by atoms with van der Waals surface area (Å²) in [5.41, 5.74) is 11.0. The molecule has 0 radical (unpaired) electrons. The van der Waals surface area contributed by atoms with E-state index in [0.717, 1.165) is 28.0 Å². The van der Waals surface area contributed by atoms with Crippen LogP contribution in [0.25, 0.3) is 16.7 Å². The molecule has 1 heteroatoms. The van der Waals surface area contributed by atoms with Crippen molar-refractivity contribution in [2.24, 2.45) is 0 Å². The van der Waals surface area contributed by atoms with Gasteiger partial charge in [0.05, 0.1) is 0 Å². The summed E-state index contributed by atoms with van der Waals surface area (Å²) in [6, 6.07) is 16.3. The molecule has 0 aromatic heterocycles. The molecule has 0 bridgehead atoms. The summed E-state index contributed by atoms with van der Waals surface area (Å²) in [6.45, 7) is 6.08. The van der Waals surface area contributed by atoms with Gasteiger partial charge in [0, 0.05) is 5.69 Å². The standard InChI is InChI=1S/C19H19N/c1-3-4-6-9-15(2)17-12-18(14-19(20)13-17)16-10-7-5-8-11-16/h3-14H,2,20H2,1H3/b4-3-,9-6-. The van der Waals surface area contributed by atoms with E-state index in [1.165, 1.54) is 0 Å². The van der Waals surface area contributed by atoms with Gasteiger partial charge in [-0.05, 0) is 47.4 Å². The Hall–Kier alpha value is -2.54. The fraction of sp³-hybridized carbons (Fsp3) is 0.0526. The summed E-state index contributed by atoms with van der Waals surface area (Å²) in [7, 11) is 0. The third-order valence-electron chi connectivity index (χ3n) is 3.03. The zero-order valence-electron chi connectivity index (χ0n) is 11.7. The van der Waals surface area contributed by atoms with Crippen LogP contribution in [0.5, 0.6) is 0 Å². The van der Waals surface area contributed by atoms with Crippen molar-refractivity contribution < 1.29 is 0 Å². The second kappa shape index (κ2) is 6.58. The lowest BCUT2D eigenvalue weighted by Crippen LogP contribution is -1.90. The van der Waals surface area contributed by atoms with Crippen LogP contribution in [-0.2, 0) is 0 Å². The first-order valence-corrected chi connectivity index (χ1v) is 6.65.